The minimum atomic E-state index is -0.547. The first-order valence-electron chi connectivity index (χ1n) is 8.19. The molecular weight excluding hydrogens is 292 g/mol. The molecule has 1 aromatic carbocycles. The molecule has 0 saturated carbocycles. The molecule has 2 aromatic rings. The van der Waals surface area contributed by atoms with Crippen LogP contribution in [0.15, 0.2) is 34.7 Å². The summed E-state index contributed by atoms with van der Waals surface area (Å²) in [5.41, 5.74) is 0.881. The summed E-state index contributed by atoms with van der Waals surface area (Å²) in [5.74, 6) is 1.04. The van der Waals surface area contributed by atoms with E-state index in [9.17, 15) is 9.90 Å². The first kappa shape index (κ1) is 16.0. The predicted molar refractivity (Wildman–Crippen MR) is 89.1 cm³/mol. The van der Waals surface area contributed by atoms with Crippen LogP contribution in [0.1, 0.15) is 31.6 Å². The summed E-state index contributed by atoms with van der Waals surface area (Å²) >= 11 is 0. The van der Waals surface area contributed by atoms with E-state index >= 15 is 0 Å². The molecule has 0 aliphatic carbocycles. The van der Waals surface area contributed by atoms with Gasteiger partial charge in [0.15, 0.2) is 0 Å². The van der Waals surface area contributed by atoms with E-state index < -0.39 is 6.10 Å². The van der Waals surface area contributed by atoms with Crippen LogP contribution in [0, 0.1) is 0 Å². The fourth-order valence-corrected chi connectivity index (χ4v) is 3.13. The van der Waals surface area contributed by atoms with Gasteiger partial charge in [-0.15, -0.1) is 0 Å². The molecule has 5 nitrogen and oxygen atoms in total. The largest absolute Gasteiger partial charge is 0.459 e. The van der Waals surface area contributed by atoms with Crippen molar-refractivity contribution in [2.75, 3.05) is 26.7 Å². The minimum absolute atomic E-state index is 0.0614. The summed E-state index contributed by atoms with van der Waals surface area (Å²) in [6.45, 7) is 3.74. The number of hydrogen-bond donors (Lipinski definition) is 1. The fourth-order valence-electron chi connectivity index (χ4n) is 3.13. The first-order chi connectivity index (χ1) is 11.0. The van der Waals surface area contributed by atoms with Gasteiger partial charge in [0.1, 0.15) is 11.3 Å². The number of carbonyl (C=O) groups is 1. The molecule has 1 aliphatic rings. The zero-order valence-electron chi connectivity index (χ0n) is 13.7. The van der Waals surface area contributed by atoms with Gasteiger partial charge >= 0.3 is 0 Å². The van der Waals surface area contributed by atoms with Gasteiger partial charge in [-0.1, -0.05) is 18.2 Å². The average Bonchev–Trinajstić information content (AvgIpc) is 3.12. The summed E-state index contributed by atoms with van der Waals surface area (Å²) in [6, 6.07) is 10.1. The smallest absolute Gasteiger partial charge is 0.222 e. The molecule has 124 valence electrons. The highest BCUT2D eigenvalue weighted by atomic mass is 16.3. The Kier molecular flexibility index (Phi) is 4.68. The van der Waals surface area contributed by atoms with E-state index in [0.717, 1.165) is 29.7 Å². The quantitative estimate of drug-likeness (QED) is 0.889. The van der Waals surface area contributed by atoms with Gasteiger partial charge in [0, 0.05) is 31.4 Å². The van der Waals surface area contributed by atoms with Crippen molar-refractivity contribution in [2.45, 2.75) is 31.9 Å². The van der Waals surface area contributed by atoms with Crippen LogP contribution < -0.4 is 0 Å². The van der Waals surface area contributed by atoms with E-state index in [1.54, 1.807) is 4.90 Å². The molecule has 2 heterocycles. The van der Waals surface area contributed by atoms with Crippen LogP contribution in [0.2, 0.25) is 0 Å². The second kappa shape index (κ2) is 6.72. The van der Waals surface area contributed by atoms with Gasteiger partial charge < -0.3 is 14.4 Å². The second-order valence-electron chi connectivity index (χ2n) is 6.40. The van der Waals surface area contributed by atoms with Crippen LogP contribution in [-0.4, -0.2) is 53.6 Å². The number of benzene rings is 1. The number of amides is 1. The summed E-state index contributed by atoms with van der Waals surface area (Å²) in [7, 11) is 1.97. The highest BCUT2D eigenvalue weighted by molar-refractivity contribution is 5.78. The number of fused-ring (bicyclic) bond motifs is 1. The highest BCUT2D eigenvalue weighted by Crippen LogP contribution is 2.26. The highest BCUT2D eigenvalue weighted by Gasteiger charge is 2.24. The van der Waals surface area contributed by atoms with Crippen molar-refractivity contribution in [3.63, 3.8) is 0 Å². The number of nitrogens with zero attached hydrogens (tertiary/aromatic N) is 2. The van der Waals surface area contributed by atoms with E-state index in [0.29, 0.717) is 19.5 Å². The average molecular weight is 316 g/mol. The molecule has 1 fully saturated rings. The Balaban J connectivity index is 1.60. The zero-order valence-corrected chi connectivity index (χ0v) is 13.7. The van der Waals surface area contributed by atoms with Gasteiger partial charge in [-0.25, -0.2) is 0 Å². The Labute approximate surface area is 136 Å². The lowest BCUT2D eigenvalue weighted by atomic mass is 10.2. The summed E-state index contributed by atoms with van der Waals surface area (Å²) < 4.78 is 5.90. The molecule has 3 rings (SSSR count). The second-order valence-corrected chi connectivity index (χ2v) is 6.40. The number of furan rings is 1. The Morgan fingerprint density at radius 3 is 2.87 bits per heavy atom. The van der Waals surface area contributed by atoms with E-state index in [1.807, 2.05) is 37.4 Å². The lowest BCUT2D eigenvalue weighted by Crippen LogP contribution is -2.40. The van der Waals surface area contributed by atoms with E-state index in [-0.39, 0.29) is 11.9 Å². The number of hydrogen-bond acceptors (Lipinski definition) is 4. The van der Waals surface area contributed by atoms with Crippen molar-refractivity contribution in [3.05, 3.63) is 36.1 Å². The van der Waals surface area contributed by atoms with Crippen LogP contribution in [-0.2, 0) is 4.79 Å². The van der Waals surface area contributed by atoms with Crippen LogP contribution in [0.3, 0.4) is 0 Å². The van der Waals surface area contributed by atoms with Crippen molar-refractivity contribution in [3.8, 4) is 0 Å². The number of para-hydroxylation sites is 1. The number of rotatable bonds is 6. The molecular formula is C18H24N2O3. The van der Waals surface area contributed by atoms with Gasteiger partial charge in [0.05, 0.1) is 12.1 Å². The van der Waals surface area contributed by atoms with Gasteiger partial charge in [0.25, 0.3) is 0 Å². The van der Waals surface area contributed by atoms with Crippen molar-refractivity contribution in [2.24, 2.45) is 0 Å². The maximum absolute atomic E-state index is 11.6. The van der Waals surface area contributed by atoms with Gasteiger partial charge in [-0.2, -0.15) is 0 Å². The number of likely N-dealkylation sites (N-methyl/N-ethyl adjacent to an activating group) is 1. The van der Waals surface area contributed by atoms with Crippen LogP contribution >= 0.6 is 0 Å². The lowest BCUT2D eigenvalue weighted by molar-refractivity contribution is -0.129. The van der Waals surface area contributed by atoms with Crippen LogP contribution in [0.4, 0.5) is 0 Å². The van der Waals surface area contributed by atoms with Gasteiger partial charge in [-0.05, 0) is 32.5 Å². The molecule has 0 bridgehead atoms. The van der Waals surface area contributed by atoms with Crippen LogP contribution in [0.25, 0.3) is 11.0 Å². The van der Waals surface area contributed by atoms with Gasteiger partial charge in [-0.3, -0.25) is 9.69 Å². The maximum atomic E-state index is 11.6. The Morgan fingerprint density at radius 1 is 1.39 bits per heavy atom. The maximum Gasteiger partial charge on any atom is 0.222 e. The van der Waals surface area contributed by atoms with E-state index in [1.165, 1.54) is 0 Å². The lowest BCUT2D eigenvalue weighted by Gasteiger charge is -2.27. The number of carbonyl (C=O) groups excluding carboxylic acids is 1. The molecule has 1 aliphatic heterocycles. The normalized spacial score (nSPS) is 18.1. The minimum Gasteiger partial charge on any atom is -0.459 e. The standard InChI is InChI=1S/C18H24N2O3/c1-13(17-10-14-6-3-4-7-16(14)23-17)19(2)11-15(21)12-20-9-5-8-18(20)22/h3-4,6-7,10,13,15,21H,5,8-9,11-12H2,1-2H3. The van der Waals surface area contributed by atoms with Crippen molar-refractivity contribution >= 4 is 16.9 Å². The van der Waals surface area contributed by atoms with Crippen molar-refractivity contribution < 1.29 is 14.3 Å². The third kappa shape index (κ3) is 3.57. The first-order valence-corrected chi connectivity index (χ1v) is 8.19. The summed E-state index contributed by atoms with van der Waals surface area (Å²) in [5, 5.41) is 11.4. The number of aliphatic hydroxyl groups is 1. The zero-order chi connectivity index (χ0) is 16.4. The van der Waals surface area contributed by atoms with Gasteiger partial charge in [0.2, 0.25) is 5.91 Å². The fraction of sp³-hybridized carbons (Fsp3) is 0.500. The molecule has 2 unspecified atom stereocenters. The molecule has 1 amide bonds. The molecule has 0 spiro atoms. The van der Waals surface area contributed by atoms with E-state index in [2.05, 4.69) is 11.8 Å². The molecule has 0 radical (unpaired) electrons. The Bertz CT molecular complexity index is 649. The molecule has 1 saturated heterocycles. The van der Waals surface area contributed by atoms with Crippen molar-refractivity contribution in [1.82, 2.24) is 9.80 Å². The third-order valence-corrected chi connectivity index (χ3v) is 4.62. The topological polar surface area (TPSA) is 56.9 Å². The predicted octanol–water partition coefficient (Wildman–Crippen LogP) is 2.41. The number of aliphatic hydroxyl groups excluding tert-OH is 1. The molecule has 23 heavy (non-hydrogen) atoms. The molecule has 1 N–H and O–H groups in total. The van der Waals surface area contributed by atoms with Crippen molar-refractivity contribution in [1.29, 1.82) is 0 Å². The Hall–Kier alpha value is -1.85. The SMILES string of the molecule is CC(c1cc2ccccc2o1)N(C)CC(O)CN1CCCC1=O. The third-order valence-electron chi connectivity index (χ3n) is 4.62. The Morgan fingerprint density at radius 2 is 2.17 bits per heavy atom. The van der Waals surface area contributed by atoms with E-state index in [4.69, 9.17) is 4.42 Å². The number of likely N-dealkylation sites (tertiary alicyclic amines) is 1. The molecule has 1 aromatic heterocycles. The number of β-amino-alcohol motifs (C(OH)–C–C–N with tert-alkyl or cyclic N) is 1. The van der Waals surface area contributed by atoms with Crippen LogP contribution in [0.5, 0.6) is 0 Å². The molecule has 5 heteroatoms. The summed E-state index contributed by atoms with van der Waals surface area (Å²) in [6.07, 6.45) is 0.961. The summed E-state index contributed by atoms with van der Waals surface area (Å²) in [4.78, 5) is 15.4. The molecule has 2 atom stereocenters. The monoisotopic (exact) mass is 316 g/mol.